The van der Waals surface area contributed by atoms with Crippen LogP contribution in [0.4, 0.5) is 0 Å². The topological polar surface area (TPSA) is 48.1 Å². The second-order valence-electron chi connectivity index (χ2n) is 4.27. The van der Waals surface area contributed by atoms with E-state index in [0.717, 1.165) is 27.8 Å². The van der Waals surface area contributed by atoms with Crippen LogP contribution < -0.4 is 10.5 Å². The molecule has 0 saturated carbocycles. The zero-order chi connectivity index (χ0) is 13.8. The van der Waals surface area contributed by atoms with Crippen molar-refractivity contribution in [2.45, 2.75) is 6.54 Å². The molecule has 100 valence electrons. The van der Waals surface area contributed by atoms with Gasteiger partial charge in [0.15, 0.2) is 0 Å². The molecule has 0 aliphatic carbocycles. The molecule has 0 atom stereocenters. The van der Waals surface area contributed by atoms with Crippen LogP contribution in [-0.4, -0.2) is 4.98 Å². The van der Waals surface area contributed by atoms with Gasteiger partial charge in [-0.1, -0.05) is 18.2 Å². The summed E-state index contributed by atoms with van der Waals surface area (Å²) in [6.45, 7) is 0.486. The van der Waals surface area contributed by atoms with E-state index in [2.05, 4.69) is 4.98 Å². The average molecular weight is 282 g/mol. The zero-order valence-electron chi connectivity index (χ0n) is 10.8. The molecule has 1 heterocycles. The molecule has 0 amide bonds. The van der Waals surface area contributed by atoms with E-state index in [-0.39, 0.29) is 0 Å². The Morgan fingerprint density at radius 3 is 2.30 bits per heavy atom. The molecule has 3 nitrogen and oxygen atoms in total. The smallest absolute Gasteiger partial charge is 0.127 e. The van der Waals surface area contributed by atoms with E-state index in [0.29, 0.717) is 6.54 Å². The van der Waals surface area contributed by atoms with E-state index in [1.807, 2.05) is 60.0 Å². The molecule has 4 heteroatoms. The molecular weight excluding hydrogens is 268 g/mol. The van der Waals surface area contributed by atoms with Gasteiger partial charge in [-0.3, -0.25) is 0 Å². The molecule has 0 fully saturated rings. The highest BCUT2D eigenvalue weighted by Gasteiger charge is 2.04. The van der Waals surface area contributed by atoms with Gasteiger partial charge >= 0.3 is 0 Å². The number of hydrogen-bond donors (Lipinski definition) is 1. The molecule has 0 spiro atoms. The highest BCUT2D eigenvalue weighted by Crippen LogP contribution is 2.26. The van der Waals surface area contributed by atoms with Gasteiger partial charge in [-0.25, -0.2) is 4.98 Å². The van der Waals surface area contributed by atoms with E-state index in [4.69, 9.17) is 10.5 Å². The fourth-order valence-electron chi connectivity index (χ4n) is 1.86. The summed E-state index contributed by atoms with van der Waals surface area (Å²) in [5.74, 6) is 1.65. The second-order valence-corrected chi connectivity index (χ2v) is 5.21. The quantitative estimate of drug-likeness (QED) is 0.785. The van der Waals surface area contributed by atoms with Crippen molar-refractivity contribution in [2.75, 3.05) is 0 Å². The fraction of sp³-hybridized carbons (Fsp3) is 0.0625. The normalized spacial score (nSPS) is 10.4. The maximum Gasteiger partial charge on any atom is 0.127 e. The minimum atomic E-state index is 0.486. The number of ether oxygens (including phenoxy) is 1. The van der Waals surface area contributed by atoms with Gasteiger partial charge in [0.2, 0.25) is 0 Å². The minimum Gasteiger partial charge on any atom is -0.457 e. The maximum atomic E-state index is 5.76. The molecule has 0 saturated heterocycles. The number of rotatable bonds is 4. The van der Waals surface area contributed by atoms with Crippen LogP contribution in [0.1, 0.15) is 5.01 Å². The van der Waals surface area contributed by atoms with E-state index in [1.54, 1.807) is 11.3 Å². The average Bonchev–Trinajstić information content (AvgIpc) is 2.98. The lowest BCUT2D eigenvalue weighted by molar-refractivity contribution is 0.483. The van der Waals surface area contributed by atoms with Crippen molar-refractivity contribution in [1.82, 2.24) is 4.98 Å². The van der Waals surface area contributed by atoms with Gasteiger partial charge in [0.1, 0.15) is 16.5 Å². The highest BCUT2D eigenvalue weighted by atomic mass is 32.1. The molecule has 0 aliphatic rings. The summed E-state index contributed by atoms with van der Waals surface area (Å²) in [6.07, 6.45) is 0. The maximum absolute atomic E-state index is 5.76. The Hall–Kier alpha value is -2.17. The number of hydrogen-bond acceptors (Lipinski definition) is 4. The van der Waals surface area contributed by atoms with Crippen LogP contribution in [0.15, 0.2) is 60.0 Å². The minimum absolute atomic E-state index is 0.486. The summed E-state index contributed by atoms with van der Waals surface area (Å²) in [5.41, 5.74) is 7.61. The summed E-state index contributed by atoms with van der Waals surface area (Å²) in [5, 5.41) is 2.97. The van der Waals surface area contributed by atoms with Crippen molar-refractivity contribution in [2.24, 2.45) is 5.73 Å². The predicted molar refractivity (Wildman–Crippen MR) is 82.0 cm³/mol. The lowest BCUT2D eigenvalue weighted by Crippen LogP contribution is -1.94. The van der Waals surface area contributed by atoms with Crippen molar-refractivity contribution in [3.63, 3.8) is 0 Å². The summed E-state index contributed by atoms with van der Waals surface area (Å²) < 4.78 is 5.76. The van der Waals surface area contributed by atoms with Gasteiger partial charge < -0.3 is 10.5 Å². The van der Waals surface area contributed by atoms with Crippen LogP contribution in [0.5, 0.6) is 11.5 Å². The van der Waals surface area contributed by atoms with E-state index in [9.17, 15) is 0 Å². The Labute approximate surface area is 121 Å². The first kappa shape index (κ1) is 12.8. The third-order valence-corrected chi connectivity index (χ3v) is 3.73. The zero-order valence-corrected chi connectivity index (χ0v) is 11.6. The molecule has 1 aromatic heterocycles. The monoisotopic (exact) mass is 282 g/mol. The predicted octanol–water partition coefficient (Wildman–Crippen LogP) is 4.06. The molecule has 20 heavy (non-hydrogen) atoms. The van der Waals surface area contributed by atoms with Crippen LogP contribution in [-0.2, 0) is 6.54 Å². The van der Waals surface area contributed by atoms with Gasteiger partial charge in [-0.15, -0.1) is 11.3 Å². The van der Waals surface area contributed by atoms with Crippen molar-refractivity contribution in [3.8, 4) is 22.8 Å². The SMILES string of the molecule is NCc1nc(-c2ccc(Oc3ccccc3)cc2)cs1. The summed E-state index contributed by atoms with van der Waals surface area (Å²) in [6, 6.07) is 17.6. The highest BCUT2D eigenvalue weighted by molar-refractivity contribution is 7.09. The number of para-hydroxylation sites is 1. The van der Waals surface area contributed by atoms with Gasteiger partial charge in [0, 0.05) is 17.5 Å². The van der Waals surface area contributed by atoms with E-state index in [1.165, 1.54) is 0 Å². The van der Waals surface area contributed by atoms with Crippen LogP contribution >= 0.6 is 11.3 Å². The first-order chi connectivity index (χ1) is 9.85. The summed E-state index contributed by atoms with van der Waals surface area (Å²) in [7, 11) is 0. The number of nitrogens with two attached hydrogens (primary N) is 1. The molecule has 2 aromatic carbocycles. The third-order valence-electron chi connectivity index (χ3n) is 2.86. The van der Waals surface area contributed by atoms with Crippen molar-refractivity contribution < 1.29 is 4.74 Å². The summed E-state index contributed by atoms with van der Waals surface area (Å²) >= 11 is 1.58. The van der Waals surface area contributed by atoms with Crippen LogP contribution in [0.3, 0.4) is 0 Å². The Morgan fingerprint density at radius 2 is 1.65 bits per heavy atom. The standard InChI is InChI=1S/C16H14N2OS/c17-10-16-18-15(11-20-16)12-6-8-14(9-7-12)19-13-4-2-1-3-5-13/h1-9,11H,10,17H2. The molecule has 3 rings (SSSR count). The third kappa shape index (κ3) is 2.87. The Morgan fingerprint density at radius 1 is 0.950 bits per heavy atom. The largest absolute Gasteiger partial charge is 0.457 e. The first-order valence-electron chi connectivity index (χ1n) is 6.33. The van der Waals surface area contributed by atoms with Crippen LogP contribution in [0.25, 0.3) is 11.3 Å². The van der Waals surface area contributed by atoms with Gasteiger partial charge in [0.25, 0.3) is 0 Å². The second kappa shape index (κ2) is 5.86. The van der Waals surface area contributed by atoms with Gasteiger partial charge in [-0.05, 0) is 36.4 Å². The lowest BCUT2D eigenvalue weighted by atomic mass is 10.2. The molecule has 2 N–H and O–H groups in total. The lowest BCUT2D eigenvalue weighted by Gasteiger charge is -2.05. The molecule has 0 radical (unpaired) electrons. The Bertz CT molecular complexity index is 677. The van der Waals surface area contributed by atoms with E-state index < -0.39 is 0 Å². The first-order valence-corrected chi connectivity index (χ1v) is 7.21. The van der Waals surface area contributed by atoms with E-state index >= 15 is 0 Å². The number of nitrogens with zero attached hydrogens (tertiary/aromatic N) is 1. The van der Waals surface area contributed by atoms with Crippen molar-refractivity contribution >= 4 is 11.3 Å². The number of benzene rings is 2. The molecule has 3 aromatic rings. The van der Waals surface area contributed by atoms with Crippen molar-refractivity contribution in [1.29, 1.82) is 0 Å². The Kier molecular flexibility index (Phi) is 3.76. The molecule has 0 bridgehead atoms. The van der Waals surface area contributed by atoms with Gasteiger partial charge in [-0.2, -0.15) is 0 Å². The summed E-state index contributed by atoms with van der Waals surface area (Å²) in [4.78, 5) is 4.47. The van der Waals surface area contributed by atoms with Gasteiger partial charge in [0.05, 0.1) is 5.69 Å². The molecular formula is C16H14N2OS. The molecule has 0 aliphatic heterocycles. The van der Waals surface area contributed by atoms with Crippen molar-refractivity contribution in [3.05, 3.63) is 65.0 Å². The molecule has 0 unspecified atom stereocenters. The van der Waals surface area contributed by atoms with Crippen LogP contribution in [0, 0.1) is 0 Å². The van der Waals surface area contributed by atoms with Crippen LogP contribution in [0.2, 0.25) is 0 Å². The number of aromatic nitrogens is 1. The Balaban J connectivity index is 1.77. The number of thiazole rings is 1. The fourth-order valence-corrected chi connectivity index (χ4v) is 2.54.